The van der Waals surface area contributed by atoms with Crippen LogP contribution in [0.3, 0.4) is 0 Å². The number of methoxy groups -OCH3 is 2. The Bertz CT molecular complexity index is 974. The maximum Gasteiger partial charge on any atom is 0.274 e. The van der Waals surface area contributed by atoms with E-state index in [1.165, 1.54) is 0 Å². The third kappa shape index (κ3) is 3.55. The highest BCUT2D eigenvalue weighted by atomic mass is 16.5. The van der Waals surface area contributed by atoms with Gasteiger partial charge in [-0.2, -0.15) is 5.10 Å². The lowest BCUT2D eigenvalue weighted by molar-refractivity contribution is 0.0945. The maximum absolute atomic E-state index is 12.7. The summed E-state index contributed by atoms with van der Waals surface area (Å²) in [4.78, 5) is 12.7. The standard InChI is InChI=1S/C19H24N6O3/c1-6-16-15(19(28-5)24(3)22-16)11-20-18(26)17-12(2)25(23-21-17)13-7-9-14(27-4)10-8-13/h7-10H,6,11H2,1-5H3,(H,20,26). The van der Waals surface area contributed by atoms with Crippen LogP contribution in [0.1, 0.15) is 34.4 Å². The molecule has 2 aromatic heterocycles. The Morgan fingerprint density at radius 3 is 2.50 bits per heavy atom. The van der Waals surface area contributed by atoms with Crippen LogP contribution in [0.15, 0.2) is 24.3 Å². The molecule has 0 aliphatic heterocycles. The number of benzene rings is 1. The molecular formula is C19H24N6O3. The van der Waals surface area contributed by atoms with E-state index in [-0.39, 0.29) is 11.6 Å². The van der Waals surface area contributed by atoms with Gasteiger partial charge in [0.05, 0.1) is 43.4 Å². The Labute approximate surface area is 163 Å². The van der Waals surface area contributed by atoms with Crippen LogP contribution < -0.4 is 14.8 Å². The van der Waals surface area contributed by atoms with E-state index >= 15 is 0 Å². The van der Waals surface area contributed by atoms with Gasteiger partial charge >= 0.3 is 0 Å². The lowest BCUT2D eigenvalue weighted by Gasteiger charge is -2.07. The monoisotopic (exact) mass is 384 g/mol. The molecule has 0 saturated heterocycles. The first kappa shape index (κ1) is 19.4. The summed E-state index contributed by atoms with van der Waals surface area (Å²) in [6.07, 6.45) is 0.745. The summed E-state index contributed by atoms with van der Waals surface area (Å²) < 4.78 is 13.9. The summed E-state index contributed by atoms with van der Waals surface area (Å²) in [5, 5.41) is 15.5. The summed E-state index contributed by atoms with van der Waals surface area (Å²) in [6.45, 7) is 4.12. The van der Waals surface area contributed by atoms with E-state index in [9.17, 15) is 4.79 Å². The normalized spacial score (nSPS) is 10.8. The molecule has 0 saturated carbocycles. The average molecular weight is 384 g/mol. The smallest absolute Gasteiger partial charge is 0.274 e. The summed E-state index contributed by atoms with van der Waals surface area (Å²) in [7, 11) is 5.01. The molecule has 148 valence electrons. The van der Waals surface area contributed by atoms with E-state index in [0.29, 0.717) is 18.1 Å². The molecule has 1 aromatic carbocycles. The van der Waals surface area contributed by atoms with Crippen molar-refractivity contribution in [1.82, 2.24) is 30.1 Å². The predicted molar refractivity (Wildman–Crippen MR) is 103 cm³/mol. The third-order valence-corrected chi connectivity index (χ3v) is 4.55. The molecule has 0 atom stereocenters. The molecule has 0 fully saturated rings. The summed E-state index contributed by atoms with van der Waals surface area (Å²) >= 11 is 0. The van der Waals surface area contributed by atoms with Gasteiger partial charge in [0.15, 0.2) is 5.69 Å². The number of nitrogens with zero attached hydrogens (tertiary/aromatic N) is 5. The van der Waals surface area contributed by atoms with Crippen molar-refractivity contribution in [2.45, 2.75) is 26.8 Å². The summed E-state index contributed by atoms with van der Waals surface area (Å²) in [6, 6.07) is 7.38. The van der Waals surface area contributed by atoms with Gasteiger partial charge in [0.1, 0.15) is 5.75 Å². The zero-order valence-electron chi connectivity index (χ0n) is 16.7. The minimum Gasteiger partial charge on any atom is -0.497 e. The Morgan fingerprint density at radius 2 is 1.89 bits per heavy atom. The molecule has 0 aliphatic rings. The van der Waals surface area contributed by atoms with Crippen molar-refractivity contribution < 1.29 is 14.3 Å². The van der Waals surface area contributed by atoms with Crippen molar-refractivity contribution in [1.29, 1.82) is 0 Å². The fraction of sp³-hybridized carbons (Fsp3) is 0.368. The highest BCUT2D eigenvalue weighted by Gasteiger charge is 2.20. The minimum absolute atomic E-state index is 0.275. The van der Waals surface area contributed by atoms with Gasteiger partial charge < -0.3 is 14.8 Å². The van der Waals surface area contributed by atoms with Crippen molar-refractivity contribution in [3.05, 3.63) is 46.9 Å². The minimum atomic E-state index is -0.301. The number of aromatic nitrogens is 5. The van der Waals surface area contributed by atoms with E-state index in [1.807, 2.05) is 38.2 Å². The highest BCUT2D eigenvalue weighted by Crippen LogP contribution is 2.22. The van der Waals surface area contributed by atoms with Crippen LogP contribution >= 0.6 is 0 Å². The molecule has 1 amide bonds. The van der Waals surface area contributed by atoms with E-state index in [2.05, 4.69) is 20.7 Å². The second-order valence-electron chi connectivity index (χ2n) is 6.23. The predicted octanol–water partition coefficient (Wildman–Crippen LogP) is 1.82. The first-order chi connectivity index (χ1) is 13.5. The fourth-order valence-corrected chi connectivity index (χ4v) is 3.08. The largest absolute Gasteiger partial charge is 0.497 e. The molecule has 3 rings (SSSR count). The third-order valence-electron chi connectivity index (χ3n) is 4.55. The molecule has 0 unspecified atom stereocenters. The highest BCUT2D eigenvalue weighted by molar-refractivity contribution is 5.93. The number of aryl methyl sites for hydroxylation is 2. The molecular weight excluding hydrogens is 360 g/mol. The van der Waals surface area contributed by atoms with Gasteiger partial charge in [-0.15, -0.1) is 5.10 Å². The Hall–Kier alpha value is -3.36. The average Bonchev–Trinajstić information content (AvgIpc) is 3.25. The zero-order valence-corrected chi connectivity index (χ0v) is 16.7. The van der Waals surface area contributed by atoms with Crippen LogP contribution in [0.5, 0.6) is 11.6 Å². The van der Waals surface area contributed by atoms with Crippen LogP contribution in [0.4, 0.5) is 0 Å². The molecule has 0 bridgehead atoms. The van der Waals surface area contributed by atoms with Crippen molar-refractivity contribution in [3.8, 4) is 17.3 Å². The lowest BCUT2D eigenvalue weighted by atomic mass is 10.2. The van der Waals surface area contributed by atoms with Gasteiger partial charge in [0, 0.05) is 7.05 Å². The first-order valence-corrected chi connectivity index (χ1v) is 8.93. The molecule has 9 heteroatoms. The lowest BCUT2D eigenvalue weighted by Crippen LogP contribution is -2.24. The number of rotatable bonds is 7. The Kier molecular flexibility index (Phi) is 5.62. The molecule has 3 aromatic rings. The van der Waals surface area contributed by atoms with Gasteiger partial charge in [-0.25, -0.2) is 9.36 Å². The maximum atomic E-state index is 12.7. The van der Waals surface area contributed by atoms with E-state index in [1.54, 1.807) is 30.5 Å². The first-order valence-electron chi connectivity index (χ1n) is 8.93. The zero-order chi connectivity index (χ0) is 20.3. The number of amides is 1. The number of hydrogen-bond acceptors (Lipinski definition) is 6. The van der Waals surface area contributed by atoms with Crippen LogP contribution in [-0.4, -0.2) is 44.9 Å². The molecule has 2 heterocycles. The van der Waals surface area contributed by atoms with Crippen molar-refractivity contribution >= 4 is 5.91 Å². The van der Waals surface area contributed by atoms with E-state index in [0.717, 1.165) is 29.1 Å². The number of nitrogens with one attached hydrogen (secondary N) is 1. The van der Waals surface area contributed by atoms with Gasteiger partial charge in [-0.1, -0.05) is 12.1 Å². The number of ether oxygens (including phenoxy) is 2. The van der Waals surface area contributed by atoms with Crippen molar-refractivity contribution in [2.24, 2.45) is 7.05 Å². The number of carbonyl (C=O) groups is 1. The van der Waals surface area contributed by atoms with Gasteiger partial charge in [-0.05, 0) is 37.6 Å². The topological polar surface area (TPSA) is 96.1 Å². The molecule has 0 aliphatic carbocycles. The Morgan fingerprint density at radius 1 is 1.18 bits per heavy atom. The van der Waals surface area contributed by atoms with Crippen LogP contribution in [0.2, 0.25) is 0 Å². The summed E-state index contributed by atoms with van der Waals surface area (Å²) in [5.41, 5.74) is 3.47. The van der Waals surface area contributed by atoms with Crippen LogP contribution in [0.25, 0.3) is 5.69 Å². The quantitative estimate of drug-likeness (QED) is 0.667. The Balaban J connectivity index is 1.78. The molecule has 0 spiro atoms. The summed E-state index contributed by atoms with van der Waals surface area (Å²) in [5.74, 6) is 1.08. The molecule has 0 radical (unpaired) electrons. The van der Waals surface area contributed by atoms with E-state index in [4.69, 9.17) is 9.47 Å². The van der Waals surface area contributed by atoms with Gasteiger partial charge in [-0.3, -0.25) is 4.79 Å². The second kappa shape index (κ2) is 8.12. The fourth-order valence-electron chi connectivity index (χ4n) is 3.08. The van der Waals surface area contributed by atoms with Crippen LogP contribution in [0, 0.1) is 6.92 Å². The number of carbonyl (C=O) groups excluding carboxylic acids is 1. The van der Waals surface area contributed by atoms with Crippen LogP contribution in [-0.2, 0) is 20.0 Å². The molecule has 1 N–H and O–H groups in total. The molecule has 28 heavy (non-hydrogen) atoms. The van der Waals surface area contributed by atoms with Crippen molar-refractivity contribution in [2.75, 3.05) is 14.2 Å². The molecule has 9 nitrogen and oxygen atoms in total. The number of hydrogen-bond donors (Lipinski definition) is 1. The second-order valence-corrected chi connectivity index (χ2v) is 6.23. The van der Waals surface area contributed by atoms with Gasteiger partial charge in [0.2, 0.25) is 5.88 Å². The van der Waals surface area contributed by atoms with E-state index < -0.39 is 0 Å². The van der Waals surface area contributed by atoms with Gasteiger partial charge in [0.25, 0.3) is 5.91 Å². The van der Waals surface area contributed by atoms with Crippen molar-refractivity contribution in [3.63, 3.8) is 0 Å². The SMILES string of the molecule is CCc1nn(C)c(OC)c1CNC(=O)c1nnn(-c2ccc(OC)cc2)c1C.